The molecule has 0 aromatic rings. The van der Waals surface area contributed by atoms with Gasteiger partial charge in [0.2, 0.25) is 11.8 Å². The van der Waals surface area contributed by atoms with Gasteiger partial charge >= 0.3 is 11.7 Å². The van der Waals surface area contributed by atoms with E-state index in [4.69, 9.17) is 5.53 Å². The summed E-state index contributed by atoms with van der Waals surface area (Å²) in [6, 6.07) is 0. The minimum Gasteiger partial charge on any atom is -0.457 e. The highest BCUT2D eigenvalue weighted by Crippen LogP contribution is 2.36. The molecule has 8 heteroatoms. The average molecular weight is 335 g/mol. The number of ketones is 1. The van der Waals surface area contributed by atoms with E-state index in [2.05, 4.69) is 16.1 Å². The maximum absolute atomic E-state index is 12.8. The molecule has 0 saturated carbocycles. The van der Waals surface area contributed by atoms with Gasteiger partial charge in [0.05, 0.1) is 6.61 Å². The lowest BCUT2D eigenvalue weighted by Crippen LogP contribution is -2.56. The van der Waals surface area contributed by atoms with Crippen molar-refractivity contribution >= 4 is 29.3 Å². The van der Waals surface area contributed by atoms with Crippen LogP contribution in [0.5, 0.6) is 0 Å². The van der Waals surface area contributed by atoms with Crippen LogP contribution in [0, 0.1) is 5.41 Å². The van der Waals surface area contributed by atoms with Gasteiger partial charge in [0, 0.05) is 13.0 Å². The van der Waals surface area contributed by atoms with E-state index < -0.39 is 34.7 Å². The zero-order valence-corrected chi connectivity index (χ0v) is 13.9. The van der Waals surface area contributed by atoms with Crippen LogP contribution in [0.2, 0.25) is 0 Å². The van der Waals surface area contributed by atoms with Gasteiger partial charge in [0.1, 0.15) is 5.41 Å². The third-order valence-corrected chi connectivity index (χ3v) is 4.08. The average Bonchev–Trinajstić information content (AvgIpc) is 2.56. The van der Waals surface area contributed by atoms with E-state index in [0.29, 0.717) is 6.42 Å². The molecule has 0 spiro atoms. The van der Waals surface area contributed by atoms with Crippen molar-refractivity contribution in [1.29, 1.82) is 0 Å². The van der Waals surface area contributed by atoms with Gasteiger partial charge in [-0.25, -0.2) is 4.79 Å². The van der Waals surface area contributed by atoms with Crippen LogP contribution in [0.15, 0.2) is 12.7 Å². The second kappa shape index (κ2) is 8.31. The van der Waals surface area contributed by atoms with Crippen LogP contribution in [0.1, 0.15) is 39.5 Å². The molecule has 2 amide bonds. The summed E-state index contributed by atoms with van der Waals surface area (Å²) < 4.78 is 4.69. The number of esters is 1. The monoisotopic (exact) mass is 335 g/mol. The topological polar surface area (TPSA) is 117 Å². The Labute approximate surface area is 140 Å². The molecule has 1 atom stereocenters. The molecule has 1 heterocycles. The van der Waals surface area contributed by atoms with Crippen molar-refractivity contribution in [3.63, 3.8) is 0 Å². The van der Waals surface area contributed by atoms with E-state index in [1.54, 1.807) is 6.92 Å². The van der Waals surface area contributed by atoms with Crippen molar-refractivity contribution in [3.05, 3.63) is 18.2 Å². The summed E-state index contributed by atoms with van der Waals surface area (Å²) in [6.45, 7) is 6.79. The molecule has 0 aliphatic carbocycles. The number of hydrogen-bond donors (Lipinski definition) is 0. The Kier molecular flexibility index (Phi) is 6.73. The van der Waals surface area contributed by atoms with Gasteiger partial charge in [-0.3, -0.25) is 19.3 Å². The molecule has 1 aliphatic rings. The fourth-order valence-electron chi connectivity index (χ4n) is 2.78. The first-order chi connectivity index (χ1) is 11.4. The Morgan fingerprint density at radius 1 is 1.42 bits per heavy atom. The number of carbonyl (C=O) groups is 4. The highest BCUT2D eigenvalue weighted by Gasteiger charge is 2.55. The molecule has 24 heavy (non-hydrogen) atoms. The smallest absolute Gasteiger partial charge is 0.442 e. The number of nitrogens with zero attached hydrogens (tertiary/aromatic N) is 3. The number of hydrogen-bond acceptors (Lipinski definition) is 5. The Hall–Kier alpha value is -2.60. The molecule has 0 aromatic heterocycles. The van der Waals surface area contributed by atoms with Crippen LogP contribution in [0.4, 0.5) is 0 Å². The van der Waals surface area contributed by atoms with Gasteiger partial charge in [0.15, 0.2) is 0 Å². The summed E-state index contributed by atoms with van der Waals surface area (Å²) >= 11 is 0. The Morgan fingerprint density at radius 3 is 2.58 bits per heavy atom. The number of amides is 2. The maximum atomic E-state index is 12.8. The van der Waals surface area contributed by atoms with Crippen molar-refractivity contribution in [2.75, 3.05) is 13.2 Å². The number of piperidine rings is 1. The fraction of sp³-hybridized carbons (Fsp3) is 0.562. The summed E-state index contributed by atoms with van der Waals surface area (Å²) in [4.78, 5) is 53.2. The van der Waals surface area contributed by atoms with Gasteiger partial charge in [-0.1, -0.05) is 13.0 Å². The molecule has 0 N–H and O–H groups in total. The molecule has 130 valence electrons. The van der Waals surface area contributed by atoms with Crippen LogP contribution in [0.3, 0.4) is 0 Å². The second-order valence-corrected chi connectivity index (χ2v) is 5.38. The van der Waals surface area contributed by atoms with Gasteiger partial charge in [0.25, 0.3) is 5.78 Å². The van der Waals surface area contributed by atoms with E-state index in [1.807, 2.05) is 0 Å². The zero-order valence-electron chi connectivity index (χ0n) is 13.9. The molecule has 1 saturated heterocycles. The first-order valence-electron chi connectivity index (χ1n) is 7.79. The normalized spacial score (nSPS) is 20.1. The maximum Gasteiger partial charge on any atom is 0.442 e. The number of imide groups is 1. The van der Waals surface area contributed by atoms with E-state index >= 15 is 0 Å². The molecule has 1 aliphatic heterocycles. The Balaban J connectivity index is 3.23. The van der Waals surface area contributed by atoms with Gasteiger partial charge in [-0.2, -0.15) is 4.79 Å². The first kappa shape index (κ1) is 19.4. The van der Waals surface area contributed by atoms with Crippen LogP contribution in [-0.4, -0.2) is 52.1 Å². The SMILES string of the molecule is C=CCC(=O)N1CCC[C@](CC)(C(=O)C(=[N+]=[N-])C(=O)OCC)C1=O. The summed E-state index contributed by atoms with van der Waals surface area (Å²) in [5.74, 6) is -3.16. The quantitative estimate of drug-likeness (QED) is 0.171. The number of ether oxygens (including phenoxy) is 1. The van der Waals surface area contributed by atoms with E-state index in [1.165, 1.54) is 13.0 Å². The van der Waals surface area contributed by atoms with Crippen LogP contribution in [-0.2, 0) is 23.9 Å². The highest BCUT2D eigenvalue weighted by molar-refractivity contribution is 6.64. The number of rotatable bonds is 7. The number of carbonyl (C=O) groups excluding carboxylic acids is 4. The van der Waals surface area contributed by atoms with Crippen molar-refractivity contribution < 1.29 is 28.7 Å². The molecule has 8 nitrogen and oxygen atoms in total. The van der Waals surface area contributed by atoms with E-state index in [9.17, 15) is 19.2 Å². The molecule has 1 fully saturated rings. The standard InChI is InChI=1S/C16H21N3O5/c1-4-8-11(20)19-10-7-9-16(5-2,15(19)23)13(21)12(18-17)14(22)24-6-3/h4H,1,5-10H2,2-3H3/t16-/m1/s1. The first-order valence-corrected chi connectivity index (χ1v) is 7.79. The molecule has 0 aromatic carbocycles. The lowest BCUT2D eigenvalue weighted by Gasteiger charge is -2.37. The Morgan fingerprint density at radius 2 is 2.08 bits per heavy atom. The molecule has 1 rings (SSSR count). The minimum atomic E-state index is -1.61. The molecule has 0 bridgehead atoms. The summed E-state index contributed by atoms with van der Waals surface area (Å²) in [7, 11) is 0. The van der Waals surface area contributed by atoms with Crippen LogP contribution >= 0.6 is 0 Å². The number of Topliss-reactive ketones (excluding diaryl/α,β-unsaturated/α-hetero) is 1. The predicted octanol–water partition coefficient (Wildman–Crippen LogP) is 0.911. The fourth-order valence-corrected chi connectivity index (χ4v) is 2.78. The predicted molar refractivity (Wildman–Crippen MR) is 83.8 cm³/mol. The third kappa shape index (κ3) is 3.49. The van der Waals surface area contributed by atoms with Crippen molar-refractivity contribution in [2.45, 2.75) is 39.5 Å². The number of likely N-dealkylation sites (tertiary alicyclic amines) is 1. The van der Waals surface area contributed by atoms with Crippen LogP contribution in [0.25, 0.3) is 5.53 Å². The van der Waals surface area contributed by atoms with E-state index in [0.717, 1.165) is 4.90 Å². The van der Waals surface area contributed by atoms with E-state index in [-0.39, 0.29) is 32.4 Å². The second-order valence-electron chi connectivity index (χ2n) is 5.38. The van der Waals surface area contributed by atoms with Gasteiger partial charge < -0.3 is 10.3 Å². The Bertz CT molecular complexity index is 621. The summed E-state index contributed by atoms with van der Waals surface area (Å²) in [5, 5.41) is 0. The molecular weight excluding hydrogens is 314 g/mol. The third-order valence-electron chi connectivity index (χ3n) is 4.08. The van der Waals surface area contributed by atoms with Gasteiger partial charge in [-0.15, -0.1) is 6.58 Å². The van der Waals surface area contributed by atoms with Crippen molar-refractivity contribution in [3.8, 4) is 0 Å². The largest absolute Gasteiger partial charge is 0.457 e. The zero-order chi connectivity index (χ0) is 18.3. The summed E-state index contributed by atoms with van der Waals surface area (Å²) in [6.07, 6.45) is 1.99. The lowest BCUT2D eigenvalue weighted by atomic mass is 9.71. The lowest BCUT2D eigenvalue weighted by molar-refractivity contribution is -0.159. The van der Waals surface area contributed by atoms with Crippen molar-refractivity contribution in [2.24, 2.45) is 5.41 Å². The molecule has 0 radical (unpaired) electrons. The minimum absolute atomic E-state index is 0.0118. The van der Waals surface area contributed by atoms with Crippen molar-refractivity contribution in [1.82, 2.24) is 4.90 Å². The molecular formula is C16H21N3O5. The summed E-state index contributed by atoms with van der Waals surface area (Å²) in [5.41, 5.74) is 6.60. The molecule has 0 unspecified atom stereocenters. The highest BCUT2D eigenvalue weighted by atomic mass is 16.5. The van der Waals surface area contributed by atoms with Gasteiger partial charge in [-0.05, 0) is 26.2 Å². The van der Waals surface area contributed by atoms with Crippen LogP contribution < -0.4 is 0 Å².